The largest absolute Gasteiger partial charge is 0.383 e. The summed E-state index contributed by atoms with van der Waals surface area (Å²) in [6, 6.07) is 14.8. The van der Waals surface area contributed by atoms with E-state index in [4.69, 9.17) is 4.74 Å². The molecule has 3 rings (SSSR count). The van der Waals surface area contributed by atoms with Gasteiger partial charge in [0, 0.05) is 25.0 Å². The maximum atomic E-state index is 12.4. The molecule has 1 aromatic heterocycles. The standard InChI is InChI=1S/C22H26N2O2S2/c1-16-6-9-18(10-7-16)27-14-4-5-21(25)23-22-24(12-13-26-3)19-11-8-17(2)15-20(19)28-22/h6-11,15H,4-5,12-14H2,1-3H3. The summed E-state index contributed by atoms with van der Waals surface area (Å²) in [7, 11) is 1.69. The molecule has 28 heavy (non-hydrogen) atoms. The first-order valence-electron chi connectivity index (χ1n) is 9.43. The number of aromatic nitrogens is 1. The molecule has 0 saturated carbocycles. The maximum Gasteiger partial charge on any atom is 0.248 e. The van der Waals surface area contributed by atoms with E-state index in [2.05, 4.69) is 65.9 Å². The summed E-state index contributed by atoms with van der Waals surface area (Å²) in [6.07, 6.45) is 1.29. The predicted octanol–water partition coefficient (Wildman–Crippen LogP) is 4.97. The van der Waals surface area contributed by atoms with Gasteiger partial charge in [0.2, 0.25) is 5.91 Å². The summed E-state index contributed by atoms with van der Waals surface area (Å²) in [5, 5.41) is 0. The van der Waals surface area contributed by atoms with Crippen LogP contribution in [0.25, 0.3) is 10.2 Å². The van der Waals surface area contributed by atoms with Gasteiger partial charge >= 0.3 is 0 Å². The molecule has 4 nitrogen and oxygen atoms in total. The van der Waals surface area contributed by atoms with Crippen LogP contribution in [0.15, 0.2) is 52.4 Å². The lowest BCUT2D eigenvalue weighted by Gasteiger charge is -2.04. The van der Waals surface area contributed by atoms with Crippen molar-refractivity contribution in [2.24, 2.45) is 4.99 Å². The smallest absolute Gasteiger partial charge is 0.248 e. The Bertz CT molecular complexity index is 1000. The number of fused-ring (bicyclic) bond motifs is 1. The van der Waals surface area contributed by atoms with E-state index in [0.717, 1.165) is 27.2 Å². The highest BCUT2D eigenvalue weighted by Gasteiger charge is 2.08. The van der Waals surface area contributed by atoms with Crippen molar-refractivity contribution in [1.29, 1.82) is 0 Å². The first-order chi connectivity index (χ1) is 13.6. The van der Waals surface area contributed by atoms with Gasteiger partial charge in [-0.25, -0.2) is 0 Å². The number of carbonyl (C=O) groups is 1. The Morgan fingerprint density at radius 2 is 1.89 bits per heavy atom. The number of thioether (sulfide) groups is 1. The van der Waals surface area contributed by atoms with Crippen molar-refractivity contribution in [2.45, 2.75) is 38.1 Å². The van der Waals surface area contributed by atoms with Crippen molar-refractivity contribution in [3.63, 3.8) is 0 Å². The fourth-order valence-corrected chi connectivity index (χ4v) is 4.90. The SMILES string of the molecule is COCCn1c(=NC(=O)CCCSc2ccc(C)cc2)sc2cc(C)ccc21. The summed E-state index contributed by atoms with van der Waals surface area (Å²) >= 11 is 3.35. The molecular formula is C22H26N2O2S2. The van der Waals surface area contributed by atoms with Crippen LogP contribution in [0.2, 0.25) is 0 Å². The van der Waals surface area contributed by atoms with E-state index >= 15 is 0 Å². The van der Waals surface area contributed by atoms with E-state index in [9.17, 15) is 4.79 Å². The zero-order valence-corrected chi connectivity index (χ0v) is 18.2. The summed E-state index contributed by atoms with van der Waals surface area (Å²) in [5.74, 6) is 0.860. The number of methoxy groups -OCH3 is 1. The fraction of sp³-hybridized carbons (Fsp3) is 0.364. The van der Waals surface area contributed by atoms with E-state index in [0.29, 0.717) is 19.6 Å². The Morgan fingerprint density at radius 3 is 2.64 bits per heavy atom. The van der Waals surface area contributed by atoms with Crippen molar-refractivity contribution < 1.29 is 9.53 Å². The highest BCUT2D eigenvalue weighted by molar-refractivity contribution is 7.99. The third kappa shape index (κ3) is 5.56. The number of carbonyl (C=O) groups excluding carboxylic acids is 1. The van der Waals surface area contributed by atoms with Gasteiger partial charge in [0.25, 0.3) is 0 Å². The van der Waals surface area contributed by atoms with Crippen LogP contribution in [0.1, 0.15) is 24.0 Å². The average molecular weight is 415 g/mol. The maximum absolute atomic E-state index is 12.4. The zero-order chi connectivity index (χ0) is 19.9. The average Bonchev–Trinajstić information content (AvgIpc) is 3.00. The minimum Gasteiger partial charge on any atom is -0.383 e. The van der Waals surface area contributed by atoms with Gasteiger partial charge in [0.05, 0.1) is 16.8 Å². The van der Waals surface area contributed by atoms with Crippen molar-refractivity contribution in [3.05, 3.63) is 58.4 Å². The van der Waals surface area contributed by atoms with Gasteiger partial charge in [-0.3, -0.25) is 4.79 Å². The summed E-state index contributed by atoms with van der Waals surface area (Å²) in [6.45, 7) is 5.44. The highest BCUT2D eigenvalue weighted by atomic mass is 32.2. The molecule has 0 saturated heterocycles. The number of ether oxygens (including phenoxy) is 1. The molecule has 0 atom stereocenters. The van der Waals surface area contributed by atoms with E-state index < -0.39 is 0 Å². The van der Waals surface area contributed by atoms with Crippen LogP contribution < -0.4 is 4.80 Å². The van der Waals surface area contributed by atoms with Crippen LogP contribution in [0.5, 0.6) is 0 Å². The topological polar surface area (TPSA) is 43.6 Å². The van der Waals surface area contributed by atoms with Crippen LogP contribution in [-0.4, -0.2) is 29.9 Å². The quantitative estimate of drug-likeness (QED) is 0.386. The molecule has 0 aliphatic carbocycles. The second-order valence-electron chi connectivity index (χ2n) is 6.77. The highest BCUT2D eigenvalue weighted by Crippen LogP contribution is 2.20. The molecule has 0 bridgehead atoms. The van der Waals surface area contributed by atoms with Gasteiger partial charge in [-0.15, -0.1) is 11.8 Å². The fourth-order valence-electron chi connectivity index (χ4n) is 2.87. The van der Waals surface area contributed by atoms with Gasteiger partial charge in [0.1, 0.15) is 0 Å². The van der Waals surface area contributed by atoms with Gasteiger partial charge in [-0.05, 0) is 55.9 Å². The lowest BCUT2D eigenvalue weighted by atomic mass is 10.2. The van der Waals surface area contributed by atoms with E-state index in [-0.39, 0.29) is 5.91 Å². The van der Waals surface area contributed by atoms with Crippen molar-refractivity contribution in [2.75, 3.05) is 19.5 Å². The van der Waals surface area contributed by atoms with Gasteiger partial charge < -0.3 is 9.30 Å². The number of amides is 1. The Balaban J connectivity index is 1.66. The minimum atomic E-state index is -0.0565. The molecule has 3 aromatic rings. The molecule has 0 spiro atoms. The molecule has 6 heteroatoms. The molecule has 0 aliphatic heterocycles. The van der Waals surface area contributed by atoms with E-state index in [1.807, 2.05) is 0 Å². The number of benzene rings is 2. The second-order valence-corrected chi connectivity index (χ2v) is 8.95. The lowest BCUT2D eigenvalue weighted by molar-refractivity contribution is -0.118. The van der Waals surface area contributed by atoms with Gasteiger partial charge in [-0.1, -0.05) is 35.1 Å². The lowest BCUT2D eigenvalue weighted by Crippen LogP contribution is -2.19. The van der Waals surface area contributed by atoms with Crippen LogP contribution in [-0.2, 0) is 16.1 Å². The van der Waals surface area contributed by atoms with E-state index in [1.165, 1.54) is 16.0 Å². The molecule has 148 valence electrons. The second kappa shape index (κ2) is 10.0. The van der Waals surface area contributed by atoms with Crippen molar-refractivity contribution in [1.82, 2.24) is 4.57 Å². The summed E-state index contributed by atoms with van der Waals surface area (Å²) in [4.78, 5) is 18.8. The molecular weight excluding hydrogens is 388 g/mol. The molecule has 0 fully saturated rings. The zero-order valence-electron chi connectivity index (χ0n) is 16.6. The predicted molar refractivity (Wildman–Crippen MR) is 118 cm³/mol. The first-order valence-corrected chi connectivity index (χ1v) is 11.2. The monoisotopic (exact) mass is 414 g/mol. The third-order valence-corrected chi connectivity index (χ3v) is 6.54. The first kappa shape index (κ1) is 20.8. The molecule has 0 aliphatic rings. The van der Waals surface area contributed by atoms with E-state index in [1.54, 1.807) is 30.2 Å². The Morgan fingerprint density at radius 1 is 1.14 bits per heavy atom. The molecule has 1 amide bonds. The molecule has 1 heterocycles. The van der Waals surface area contributed by atoms with Crippen LogP contribution in [0.4, 0.5) is 0 Å². The normalized spacial score (nSPS) is 12.0. The van der Waals surface area contributed by atoms with Crippen LogP contribution in [0.3, 0.4) is 0 Å². The Labute approximate surface area is 174 Å². The number of rotatable bonds is 8. The number of hydrogen-bond acceptors (Lipinski definition) is 4. The molecule has 0 unspecified atom stereocenters. The number of nitrogens with zero attached hydrogens (tertiary/aromatic N) is 2. The van der Waals surface area contributed by atoms with Crippen LogP contribution in [0, 0.1) is 13.8 Å². The number of aryl methyl sites for hydroxylation is 2. The molecule has 2 aromatic carbocycles. The Hall–Kier alpha value is -1.89. The summed E-state index contributed by atoms with van der Waals surface area (Å²) in [5.41, 5.74) is 3.58. The summed E-state index contributed by atoms with van der Waals surface area (Å²) < 4.78 is 8.47. The number of hydrogen-bond donors (Lipinski definition) is 0. The molecule has 0 radical (unpaired) electrons. The minimum absolute atomic E-state index is 0.0565. The van der Waals surface area contributed by atoms with Gasteiger partial charge in [0.15, 0.2) is 4.80 Å². The Kier molecular flexibility index (Phi) is 7.48. The van der Waals surface area contributed by atoms with Gasteiger partial charge in [-0.2, -0.15) is 4.99 Å². The van der Waals surface area contributed by atoms with Crippen molar-refractivity contribution >= 4 is 39.2 Å². The third-order valence-electron chi connectivity index (χ3n) is 4.40. The van der Waals surface area contributed by atoms with Crippen molar-refractivity contribution in [3.8, 4) is 0 Å². The van der Waals surface area contributed by atoms with Crippen LogP contribution >= 0.6 is 23.1 Å². The molecule has 0 N–H and O–H groups in total. The number of thiazole rings is 1.